The van der Waals surface area contributed by atoms with Crippen molar-refractivity contribution < 1.29 is 9.59 Å². The lowest BCUT2D eigenvalue weighted by atomic mass is 10.1. The predicted octanol–water partition coefficient (Wildman–Crippen LogP) is 2.91. The zero-order chi connectivity index (χ0) is 17.1. The van der Waals surface area contributed by atoms with Gasteiger partial charge in [-0.25, -0.2) is 0 Å². The number of hydrogen-bond donors (Lipinski definition) is 2. The van der Waals surface area contributed by atoms with Crippen molar-refractivity contribution in [3.05, 3.63) is 63.9 Å². The molecule has 1 saturated carbocycles. The van der Waals surface area contributed by atoms with Crippen molar-refractivity contribution in [3.8, 4) is 0 Å². The monoisotopic (exact) mass is 341 g/mol. The molecule has 1 aromatic heterocycles. The van der Waals surface area contributed by atoms with Gasteiger partial charge >= 0.3 is 0 Å². The fraction of sp³-hybridized carbons (Fsp3) is 0.278. The molecule has 2 N–H and O–H groups in total. The van der Waals surface area contributed by atoms with Crippen molar-refractivity contribution >= 4 is 24.0 Å². The van der Waals surface area contributed by atoms with Crippen LogP contribution in [0.4, 0.5) is 0 Å². The number of benzene rings is 1. The highest BCUT2D eigenvalue weighted by Gasteiger charge is 2.23. The summed E-state index contributed by atoms with van der Waals surface area (Å²) in [6.07, 6.45) is 3.83. The molecule has 1 heterocycles. The van der Waals surface area contributed by atoms with E-state index in [1.165, 1.54) is 0 Å². The van der Waals surface area contributed by atoms with E-state index in [-0.39, 0.29) is 11.8 Å². The second-order valence-corrected chi connectivity index (χ2v) is 6.43. The zero-order valence-electron chi connectivity index (χ0n) is 13.4. The largest absolute Gasteiger partial charge is 0.352 e. The first-order valence-electron chi connectivity index (χ1n) is 7.87. The minimum atomic E-state index is -0.132. The number of nitrogens with zero attached hydrogens (tertiary/aromatic N) is 1. The van der Waals surface area contributed by atoms with Gasteiger partial charge in [0.1, 0.15) is 4.64 Å². The molecule has 0 atom stereocenters. The van der Waals surface area contributed by atoms with E-state index in [0.717, 1.165) is 18.4 Å². The Balaban J connectivity index is 1.64. The first-order chi connectivity index (χ1) is 11.5. The number of H-pyrrole nitrogens is 1. The maximum absolute atomic E-state index is 12.4. The van der Waals surface area contributed by atoms with Crippen LogP contribution in [0, 0.1) is 4.64 Å². The van der Waals surface area contributed by atoms with E-state index in [9.17, 15) is 9.59 Å². The van der Waals surface area contributed by atoms with Crippen LogP contribution in [0.2, 0.25) is 0 Å². The van der Waals surface area contributed by atoms with Gasteiger partial charge < -0.3 is 15.2 Å². The van der Waals surface area contributed by atoms with Gasteiger partial charge in [0.05, 0.1) is 5.56 Å². The number of pyridine rings is 1. The van der Waals surface area contributed by atoms with Crippen LogP contribution in [-0.2, 0) is 6.54 Å². The standard InChI is InChI=1S/C18H19N3O2S/c1-21(18(23)15-3-2-10-19-17(15)24)11-12-4-6-13(7-5-12)16(22)20-14-8-9-14/h2-7,10,14H,8-9,11H2,1H3,(H,19,24)(H,20,22). The van der Waals surface area contributed by atoms with Crippen molar-refractivity contribution in [2.24, 2.45) is 0 Å². The van der Waals surface area contributed by atoms with E-state index in [4.69, 9.17) is 12.2 Å². The van der Waals surface area contributed by atoms with Crippen LogP contribution >= 0.6 is 12.2 Å². The fourth-order valence-corrected chi connectivity index (χ4v) is 2.62. The lowest BCUT2D eigenvalue weighted by molar-refractivity contribution is 0.0783. The third-order valence-electron chi connectivity index (χ3n) is 3.94. The predicted molar refractivity (Wildman–Crippen MR) is 94.4 cm³/mol. The molecule has 0 saturated heterocycles. The summed E-state index contributed by atoms with van der Waals surface area (Å²) in [4.78, 5) is 28.9. The molecule has 2 amide bonds. The van der Waals surface area contributed by atoms with Gasteiger partial charge in [0.25, 0.3) is 11.8 Å². The van der Waals surface area contributed by atoms with Gasteiger partial charge in [-0.05, 0) is 42.7 Å². The van der Waals surface area contributed by atoms with Crippen molar-refractivity contribution in [1.82, 2.24) is 15.2 Å². The summed E-state index contributed by atoms with van der Waals surface area (Å²) in [6, 6.07) is 11.1. The van der Waals surface area contributed by atoms with Crippen LogP contribution in [-0.4, -0.2) is 34.8 Å². The molecule has 0 bridgehead atoms. The highest BCUT2D eigenvalue weighted by atomic mass is 32.1. The van der Waals surface area contributed by atoms with E-state index in [1.807, 2.05) is 12.1 Å². The number of amides is 2. The van der Waals surface area contributed by atoms with E-state index >= 15 is 0 Å². The van der Waals surface area contributed by atoms with E-state index < -0.39 is 0 Å². The third kappa shape index (κ3) is 3.89. The molecule has 2 aromatic rings. The highest BCUT2D eigenvalue weighted by molar-refractivity contribution is 7.71. The van der Waals surface area contributed by atoms with Gasteiger partial charge in [0, 0.05) is 31.4 Å². The number of hydrogen-bond acceptors (Lipinski definition) is 3. The van der Waals surface area contributed by atoms with Crippen LogP contribution in [0.15, 0.2) is 42.6 Å². The Morgan fingerprint density at radius 1 is 1.25 bits per heavy atom. The molecule has 1 aliphatic rings. The summed E-state index contributed by atoms with van der Waals surface area (Å²) >= 11 is 5.15. The third-order valence-corrected chi connectivity index (χ3v) is 4.28. The second-order valence-electron chi connectivity index (χ2n) is 6.02. The van der Waals surface area contributed by atoms with Gasteiger partial charge in [-0.15, -0.1) is 0 Å². The minimum absolute atomic E-state index is 0.0379. The summed E-state index contributed by atoms with van der Waals surface area (Å²) in [5.41, 5.74) is 2.08. The van der Waals surface area contributed by atoms with Crippen molar-refractivity contribution in [3.63, 3.8) is 0 Å². The van der Waals surface area contributed by atoms with Crippen LogP contribution < -0.4 is 5.32 Å². The van der Waals surface area contributed by atoms with Gasteiger partial charge in [-0.3, -0.25) is 9.59 Å². The molecule has 24 heavy (non-hydrogen) atoms. The van der Waals surface area contributed by atoms with E-state index in [1.54, 1.807) is 42.4 Å². The maximum Gasteiger partial charge on any atom is 0.256 e. The molecule has 6 heteroatoms. The van der Waals surface area contributed by atoms with Crippen LogP contribution in [0.3, 0.4) is 0 Å². The molecule has 3 rings (SSSR count). The molecule has 0 aliphatic heterocycles. The Morgan fingerprint density at radius 2 is 1.96 bits per heavy atom. The summed E-state index contributed by atoms with van der Waals surface area (Å²) in [5, 5.41) is 2.96. The average molecular weight is 341 g/mol. The van der Waals surface area contributed by atoms with Gasteiger partial charge in [0.2, 0.25) is 0 Å². The van der Waals surface area contributed by atoms with Crippen molar-refractivity contribution in [2.75, 3.05) is 7.05 Å². The summed E-state index contributed by atoms with van der Waals surface area (Å²) in [5.74, 6) is -0.170. The van der Waals surface area contributed by atoms with Gasteiger partial charge in [-0.2, -0.15) is 0 Å². The average Bonchev–Trinajstić information content (AvgIpc) is 3.39. The van der Waals surface area contributed by atoms with Crippen LogP contribution in [0.5, 0.6) is 0 Å². The van der Waals surface area contributed by atoms with Gasteiger partial charge in [-0.1, -0.05) is 24.4 Å². The number of aromatic amines is 1. The molecule has 1 fully saturated rings. The van der Waals surface area contributed by atoms with E-state index in [0.29, 0.717) is 28.4 Å². The minimum Gasteiger partial charge on any atom is -0.352 e. The number of nitrogens with one attached hydrogen (secondary N) is 2. The highest BCUT2D eigenvalue weighted by Crippen LogP contribution is 2.19. The molecule has 5 nitrogen and oxygen atoms in total. The first-order valence-corrected chi connectivity index (χ1v) is 8.28. The second kappa shape index (κ2) is 6.97. The number of aromatic nitrogens is 1. The number of rotatable bonds is 5. The molecule has 1 aliphatic carbocycles. The lowest BCUT2D eigenvalue weighted by Crippen LogP contribution is -2.27. The van der Waals surface area contributed by atoms with E-state index in [2.05, 4.69) is 10.3 Å². The Kier molecular flexibility index (Phi) is 4.76. The quantitative estimate of drug-likeness (QED) is 0.822. The fourth-order valence-electron chi connectivity index (χ4n) is 2.40. The summed E-state index contributed by atoms with van der Waals surface area (Å²) in [6.45, 7) is 0.451. The maximum atomic E-state index is 12.4. The summed E-state index contributed by atoms with van der Waals surface area (Å²) in [7, 11) is 1.73. The van der Waals surface area contributed by atoms with Crippen LogP contribution in [0.25, 0.3) is 0 Å². The van der Waals surface area contributed by atoms with Gasteiger partial charge in [0.15, 0.2) is 0 Å². The van der Waals surface area contributed by atoms with Crippen molar-refractivity contribution in [2.45, 2.75) is 25.4 Å². The number of carbonyl (C=O) groups is 2. The Hall–Kier alpha value is -2.47. The molecule has 0 unspecified atom stereocenters. The molecule has 1 aromatic carbocycles. The first kappa shape index (κ1) is 16.4. The molecule has 124 valence electrons. The SMILES string of the molecule is CN(Cc1ccc(C(=O)NC2CC2)cc1)C(=O)c1ccc[nH]c1=S. The topological polar surface area (TPSA) is 65.2 Å². The lowest BCUT2D eigenvalue weighted by Gasteiger charge is -2.17. The molecule has 0 spiro atoms. The Bertz CT molecular complexity index is 810. The molecular formula is C18H19N3O2S. The summed E-state index contributed by atoms with van der Waals surface area (Å²) < 4.78 is 0.432. The zero-order valence-corrected chi connectivity index (χ0v) is 14.2. The molecule has 0 radical (unpaired) electrons. The van der Waals surface area contributed by atoms with Crippen LogP contribution in [0.1, 0.15) is 39.1 Å². The Labute approximate surface area is 145 Å². The normalized spacial score (nSPS) is 13.4. The van der Waals surface area contributed by atoms with Crippen molar-refractivity contribution in [1.29, 1.82) is 0 Å². The smallest absolute Gasteiger partial charge is 0.256 e. The Morgan fingerprint density at radius 3 is 2.58 bits per heavy atom. The molecular weight excluding hydrogens is 322 g/mol. The number of carbonyl (C=O) groups excluding carboxylic acids is 2.